The van der Waals surface area contributed by atoms with Gasteiger partial charge in [0, 0.05) is 17.7 Å². The number of carbonyl (C=O) groups is 1. The summed E-state index contributed by atoms with van der Waals surface area (Å²) >= 11 is 0. The molecule has 1 aromatic heterocycles. The highest BCUT2D eigenvalue weighted by Gasteiger charge is 2.18. The molecule has 0 fully saturated rings. The van der Waals surface area contributed by atoms with Gasteiger partial charge in [-0.1, -0.05) is 5.92 Å². The summed E-state index contributed by atoms with van der Waals surface area (Å²) in [5.41, 5.74) is -1.09. The summed E-state index contributed by atoms with van der Waals surface area (Å²) in [6, 6.07) is 0. The molecule has 0 aliphatic rings. The van der Waals surface area contributed by atoms with Crippen LogP contribution in [0, 0.1) is 28.9 Å². The second-order valence-corrected chi connectivity index (χ2v) is 3.00. The highest BCUT2D eigenvalue weighted by molar-refractivity contribution is 5.89. The van der Waals surface area contributed by atoms with E-state index in [9.17, 15) is 19.7 Å². The number of esters is 1. The average molecular weight is 236 g/mol. The van der Waals surface area contributed by atoms with Crippen LogP contribution in [0.5, 0.6) is 0 Å². The van der Waals surface area contributed by atoms with Gasteiger partial charge in [-0.2, -0.15) is 0 Å². The number of H-pyrrole nitrogens is 1. The number of aromatic nitrogens is 1. The van der Waals surface area contributed by atoms with Crippen molar-refractivity contribution in [1.82, 2.24) is 4.98 Å². The van der Waals surface area contributed by atoms with Crippen LogP contribution in [0.2, 0.25) is 0 Å². The molecule has 0 amide bonds. The quantitative estimate of drug-likeness (QED) is 0.323. The molecule has 0 aliphatic heterocycles. The molecule has 17 heavy (non-hydrogen) atoms. The predicted octanol–water partition coefficient (Wildman–Crippen LogP) is 0.116. The largest absolute Gasteiger partial charge is 0.459 e. The number of aromatic amines is 1. The fourth-order valence-electron chi connectivity index (χ4n) is 1.13. The van der Waals surface area contributed by atoms with Crippen molar-refractivity contribution < 1.29 is 14.5 Å². The Morgan fingerprint density at radius 3 is 2.76 bits per heavy atom. The summed E-state index contributed by atoms with van der Waals surface area (Å²) < 4.78 is 4.29. The van der Waals surface area contributed by atoms with E-state index >= 15 is 0 Å². The average Bonchev–Trinajstić information content (AvgIpc) is 2.27. The Bertz CT molecular complexity index is 591. The van der Waals surface area contributed by atoms with Crippen LogP contribution < -0.4 is 5.56 Å². The van der Waals surface area contributed by atoms with Crippen LogP contribution in [0.1, 0.15) is 11.1 Å². The molecule has 0 spiro atoms. The number of hydrogen-bond acceptors (Lipinski definition) is 5. The highest BCUT2D eigenvalue weighted by atomic mass is 16.6. The van der Waals surface area contributed by atoms with E-state index in [2.05, 4.69) is 21.6 Å². The van der Waals surface area contributed by atoms with E-state index in [1.165, 1.54) is 20.2 Å². The van der Waals surface area contributed by atoms with Crippen LogP contribution >= 0.6 is 0 Å². The van der Waals surface area contributed by atoms with Gasteiger partial charge in [0.2, 0.25) is 0 Å². The molecule has 7 nitrogen and oxygen atoms in total. The predicted molar refractivity (Wildman–Crippen MR) is 57.3 cm³/mol. The second kappa shape index (κ2) is 4.94. The van der Waals surface area contributed by atoms with Crippen molar-refractivity contribution in [2.75, 3.05) is 7.11 Å². The first-order valence-electron chi connectivity index (χ1n) is 4.44. The molecule has 0 aliphatic carbocycles. The Balaban J connectivity index is 3.33. The van der Waals surface area contributed by atoms with Crippen molar-refractivity contribution in [2.45, 2.75) is 6.92 Å². The third-order valence-corrected chi connectivity index (χ3v) is 1.99. The lowest BCUT2D eigenvalue weighted by molar-refractivity contribution is -0.386. The first kappa shape index (κ1) is 12.4. The lowest BCUT2D eigenvalue weighted by atomic mass is 10.1. The van der Waals surface area contributed by atoms with Crippen LogP contribution in [0.3, 0.4) is 0 Å². The minimum atomic E-state index is -0.809. The van der Waals surface area contributed by atoms with Gasteiger partial charge in [-0.25, -0.2) is 4.79 Å². The first-order valence-corrected chi connectivity index (χ1v) is 4.44. The van der Waals surface area contributed by atoms with Crippen LogP contribution in [-0.2, 0) is 9.53 Å². The first-order chi connectivity index (χ1) is 7.97. The van der Waals surface area contributed by atoms with Crippen molar-refractivity contribution in [3.8, 4) is 11.8 Å². The zero-order valence-electron chi connectivity index (χ0n) is 9.07. The topological polar surface area (TPSA) is 102 Å². The highest BCUT2D eigenvalue weighted by Crippen LogP contribution is 2.14. The Kier molecular flexibility index (Phi) is 3.62. The molecular weight excluding hydrogens is 228 g/mol. The summed E-state index contributed by atoms with van der Waals surface area (Å²) in [4.78, 5) is 34.0. The lowest BCUT2D eigenvalue weighted by Gasteiger charge is -1.98. The Morgan fingerprint density at radius 2 is 2.24 bits per heavy atom. The molecule has 0 unspecified atom stereocenters. The third kappa shape index (κ3) is 2.69. The van der Waals surface area contributed by atoms with Crippen molar-refractivity contribution in [1.29, 1.82) is 0 Å². The van der Waals surface area contributed by atoms with Gasteiger partial charge < -0.3 is 9.72 Å². The minimum absolute atomic E-state index is 0.107. The molecule has 1 rings (SSSR count). The normalized spacial score (nSPS) is 9.06. The van der Waals surface area contributed by atoms with Crippen molar-refractivity contribution >= 4 is 11.7 Å². The number of nitrogens with one attached hydrogen (secondary N) is 1. The van der Waals surface area contributed by atoms with Crippen LogP contribution in [0.25, 0.3) is 0 Å². The SMILES string of the molecule is COC(=O)C#Cc1c[nH]c(=O)c([N+](=O)[O-])c1C. The van der Waals surface area contributed by atoms with E-state index in [1.807, 2.05) is 0 Å². The minimum Gasteiger partial charge on any atom is -0.459 e. The molecular formula is C10H8N2O5. The van der Waals surface area contributed by atoms with Gasteiger partial charge in [-0.15, -0.1) is 0 Å². The van der Waals surface area contributed by atoms with Gasteiger partial charge in [0.1, 0.15) is 0 Å². The van der Waals surface area contributed by atoms with Gasteiger partial charge in [0.05, 0.1) is 17.6 Å². The number of pyridine rings is 1. The number of carbonyl (C=O) groups excluding carboxylic acids is 1. The second-order valence-electron chi connectivity index (χ2n) is 3.00. The molecule has 1 aromatic rings. The number of hydrogen-bond donors (Lipinski definition) is 1. The van der Waals surface area contributed by atoms with Crippen LogP contribution in [0.4, 0.5) is 5.69 Å². The standard InChI is InChI=1S/C10H8N2O5/c1-6-7(3-4-8(13)17-2)5-11-10(14)9(6)12(15)16/h5H,1-2H3,(H,11,14). The third-order valence-electron chi connectivity index (χ3n) is 1.99. The number of nitro groups is 1. The maximum atomic E-state index is 11.2. The van der Waals surface area contributed by atoms with E-state index in [0.29, 0.717) is 0 Å². The van der Waals surface area contributed by atoms with E-state index in [1.54, 1.807) is 0 Å². The Hall–Kier alpha value is -2.62. The molecule has 0 atom stereocenters. The van der Waals surface area contributed by atoms with Crippen molar-refractivity contribution in [3.63, 3.8) is 0 Å². The van der Waals surface area contributed by atoms with Crippen LogP contribution in [0.15, 0.2) is 11.0 Å². The van der Waals surface area contributed by atoms with E-state index < -0.39 is 22.1 Å². The zero-order chi connectivity index (χ0) is 13.0. The van der Waals surface area contributed by atoms with Gasteiger partial charge in [-0.3, -0.25) is 14.9 Å². The molecule has 88 valence electrons. The molecule has 1 N–H and O–H groups in total. The maximum absolute atomic E-state index is 11.2. The van der Waals surface area contributed by atoms with Gasteiger partial charge in [0.25, 0.3) is 0 Å². The smallest absolute Gasteiger partial charge is 0.384 e. The number of ether oxygens (including phenoxy) is 1. The van der Waals surface area contributed by atoms with E-state index in [4.69, 9.17) is 0 Å². The summed E-state index contributed by atoms with van der Waals surface area (Å²) in [5, 5.41) is 10.6. The van der Waals surface area contributed by atoms with Gasteiger partial charge in [0.15, 0.2) is 0 Å². The summed E-state index contributed by atoms with van der Waals surface area (Å²) in [5.74, 6) is 3.74. The molecule has 1 heterocycles. The van der Waals surface area contributed by atoms with Crippen molar-refractivity contribution in [3.05, 3.63) is 37.8 Å². The zero-order valence-corrected chi connectivity index (χ0v) is 9.07. The molecule has 0 radical (unpaired) electrons. The summed E-state index contributed by atoms with van der Waals surface area (Å²) in [6.45, 7) is 1.38. The monoisotopic (exact) mass is 236 g/mol. The number of rotatable bonds is 1. The Labute approximate surface area is 95.6 Å². The fourth-order valence-corrected chi connectivity index (χ4v) is 1.13. The summed E-state index contributed by atoms with van der Waals surface area (Å²) in [7, 11) is 1.17. The maximum Gasteiger partial charge on any atom is 0.384 e. The van der Waals surface area contributed by atoms with Crippen molar-refractivity contribution in [2.24, 2.45) is 0 Å². The molecule has 7 heteroatoms. The molecule has 0 aromatic carbocycles. The number of nitrogens with zero attached hydrogens (tertiary/aromatic N) is 1. The van der Waals surface area contributed by atoms with Crippen LogP contribution in [-0.4, -0.2) is 23.0 Å². The van der Waals surface area contributed by atoms with Gasteiger partial charge >= 0.3 is 17.2 Å². The fraction of sp³-hybridized carbons (Fsp3) is 0.200. The van der Waals surface area contributed by atoms with E-state index in [0.717, 1.165) is 0 Å². The molecule has 0 bridgehead atoms. The van der Waals surface area contributed by atoms with E-state index in [-0.39, 0.29) is 11.1 Å². The Morgan fingerprint density at radius 1 is 1.59 bits per heavy atom. The summed E-state index contributed by atoms with van der Waals surface area (Å²) in [6.07, 6.45) is 1.21. The molecule has 0 saturated heterocycles. The number of methoxy groups -OCH3 is 1. The lowest BCUT2D eigenvalue weighted by Crippen LogP contribution is -2.13. The van der Waals surface area contributed by atoms with Gasteiger partial charge in [-0.05, 0) is 6.92 Å². The molecule has 0 saturated carbocycles.